The molecule has 1 aliphatic rings. The summed E-state index contributed by atoms with van der Waals surface area (Å²) in [7, 11) is 0. The highest BCUT2D eigenvalue weighted by Crippen LogP contribution is 2.20. The molecule has 0 bridgehead atoms. The minimum atomic E-state index is 0.718. The van der Waals surface area contributed by atoms with Crippen molar-refractivity contribution < 1.29 is 4.52 Å². The maximum atomic E-state index is 5.32. The molecule has 0 spiro atoms. The lowest BCUT2D eigenvalue weighted by Crippen LogP contribution is -2.42. The van der Waals surface area contributed by atoms with Crippen LogP contribution in [0.1, 0.15) is 11.7 Å². The van der Waals surface area contributed by atoms with Crippen molar-refractivity contribution in [1.82, 2.24) is 20.4 Å². The molecule has 0 aliphatic carbocycles. The first kappa shape index (κ1) is 13.6. The van der Waals surface area contributed by atoms with Crippen LogP contribution in [0.3, 0.4) is 0 Å². The SMILES string of the molecule is c1ccc(SCc2noc(CN3CCNCC3)n2)cc1. The minimum Gasteiger partial charge on any atom is -0.338 e. The van der Waals surface area contributed by atoms with Crippen LogP contribution in [0.5, 0.6) is 0 Å². The van der Waals surface area contributed by atoms with E-state index in [0.29, 0.717) is 0 Å². The van der Waals surface area contributed by atoms with E-state index >= 15 is 0 Å². The number of rotatable bonds is 5. The van der Waals surface area contributed by atoms with Gasteiger partial charge in [-0.1, -0.05) is 23.4 Å². The summed E-state index contributed by atoms with van der Waals surface area (Å²) >= 11 is 1.72. The lowest BCUT2D eigenvalue weighted by molar-refractivity contribution is 0.203. The summed E-state index contributed by atoms with van der Waals surface area (Å²) in [5.41, 5.74) is 0. The van der Waals surface area contributed by atoms with Crippen molar-refractivity contribution in [3.63, 3.8) is 0 Å². The van der Waals surface area contributed by atoms with Gasteiger partial charge in [0.15, 0.2) is 5.82 Å². The highest BCUT2D eigenvalue weighted by molar-refractivity contribution is 7.98. The zero-order valence-electron chi connectivity index (χ0n) is 11.3. The molecule has 0 unspecified atom stereocenters. The van der Waals surface area contributed by atoms with Crippen molar-refractivity contribution in [1.29, 1.82) is 0 Å². The predicted octanol–water partition coefficient (Wildman–Crippen LogP) is 1.77. The van der Waals surface area contributed by atoms with Gasteiger partial charge in [0.05, 0.1) is 12.3 Å². The first-order valence-corrected chi connectivity index (χ1v) is 7.81. The molecule has 1 aromatic carbocycles. The van der Waals surface area contributed by atoms with Crippen LogP contribution in [0.25, 0.3) is 0 Å². The van der Waals surface area contributed by atoms with Gasteiger partial charge in [0.25, 0.3) is 0 Å². The number of nitrogens with zero attached hydrogens (tertiary/aromatic N) is 3. The summed E-state index contributed by atoms with van der Waals surface area (Å²) in [5.74, 6) is 2.23. The number of hydrogen-bond donors (Lipinski definition) is 1. The summed E-state index contributed by atoms with van der Waals surface area (Å²) in [4.78, 5) is 8.01. The van der Waals surface area contributed by atoms with Gasteiger partial charge in [0, 0.05) is 31.1 Å². The smallest absolute Gasteiger partial charge is 0.240 e. The van der Waals surface area contributed by atoms with Crippen LogP contribution in [0.4, 0.5) is 0 Å². The number of hydrogen-bond acceptors (Lipinski definition) is 6. The van der Waals surface area contributed by atoms with Crippen LogP contribution in [-0.4, -0.2) is 41.2 Å². The second-order valence-electron chi connectivity index (χ2n) is 4.73. The predicted molar refractivity (Wildman–Crippen MR) is 78.4 cm³/mol. The molecule has 5 nitrogen and oxygen atoms in total. The number of benzene rings is 1. The normalized spacial score (nSPS) is 16.4. The molecule has 1 aliphatic heterocycles. The molecule has 0 radical (unpaired) electrons. The van der Waals surface area contributed by atoms with E-state index in [1.807, 2.05) is 18.2 Å². The Hall–Kier alpha value is -1.37. The Bertz CT molecular complexity index is 525. The Balaban J connectivity index is 1.51. The molecular formula is C14H18N4OS. The molecule has 3 rings (SSSR count). The van der Waals surface area contributed by atoms with Gasteiger partial charge in [0.1, 0.15) is 0 Å². The summed E-state index contributed by atoms with van der Waals surface area (Å²) in [6.45, 7) is 4.90. The first-order chi connectivity index (χ1) is 9.90. The highest BCUT2D eigenvalue weighted by Gasteiger charge is 2.14. The van der Waals surface area contributed by atoms with Gasteiger partial charge in [-0.25, -0.2) is 0 Å². The van der Waals surface area contributed by atoms with Crippen molar-refractivity contribution in [2.45, 2.75) is 17.2 Å². The summed E-state index contributed by atoms with van der Waals surface area (Å²) in [6, 6.07) is 10.3. The van der Waals surface area contributed by atoms with Gasteiger partial charge in [-0.2, -0.15) is 4.98 Å². The quantitative estimate of drug-likeness (QED) is 0.847. The molecule has 2 aromatic rings. The average Bonchev–Trinajstić information content (AvgIpc) is 2.95. The highest BCUT2D eigenvalue weighted by atomic mass is 32.2. The lowest BCUT2D eigenvalue weighted by atomic mass is 10.3. The monoisotopic (exact) mass is 290 g/mol. The number of piperazine rings is 1. The summed E-state index contributed by atoms with van der Waals surface area (Å²) < 4.78 is 5.32. The molecule has 1 aromatic heterocycles. The van der Waals surface area contributed by atoms with Crippen LogP contribution >= 0.6 is 11.8 Å². The third-order valence-electron chi connectivity index (χ3n) is 3.19. The van der Waals surface area contributed by atoms with Crippen molar-refractivity contribution in [3.8, 4) is 0 Å². The van der Waals surface area contributed by atoms with Gasteiger partial charge in [-0.15, -0.1) is 11.8 Å². The Kier molecular flexibility index (Phi) is 4.68. The zero-order chi connectivity index (χ0) is 13.6. The van der Waals surface area contributed by atoms with Crippen LogP contribution < -0.4 is 5.32 Å². The van der Waals surface area contributed by atoms with E-state index in [0.717, 1.165) is 50.2 Å². The maximum absolute atomic E-state index is 5.32. The largest absolute Gasteiger partial charge is 0.338 e. The molecular weight excluding hydrogens is 272 g/mol. The standard InChI is InChI=1S/C14H18N4OS/c1-2-4-12(5-3-1)20-11-13-16-14(19-17-13)10-18-8-6-15-7-9-18/h1-5,15H,6-11H2. The second kappa shape index (κ2) is 6.88. The number of thioether (sulfide) groups is 1. The van der Waals surface area contributed by atoms with Crippen LogP contribution in [-0.2, 0) is 12.3 Å². The Morgan fingerprint density at radius 3 is 2.80 bits per heavy atom. The molecule has 0 atom stereocenters. The molecule has 0 amide bonds. The Labute approximate surface area is 122 Å². The van der Waals surface area contributed by atoms with Crippen LogP contribution in [0.2, 0.25) is 0 Å². The number of aromatic nitrogens is 2. The molecule has 0 saturated carbocycles. The maximum Gasteiger partial charge on any atom is 0.240 e. The van der Waals surface area contributed by atoms with Crippen molar-refractivity contribution in [2.75, 3.05) is 26.2 Å². The van der Waals surface area contributed by atoms with Gasteiger partial charge in [-0.05, 0) is 12.1 Å². The topological polar surface area (TPSA) is 54.2 Å². The molecule has 1 fully saturated rings. The van der Waals surface area contributed by atoms with E-state index in [2.05, 4.69) is 32.5 Å². The molecule has 20 heavy (non-hydrogen) atoms. The Morgan fingerprint density at radius 1 is 1.20 bits per heavy atom. The van der Waals surface area contributed by atoms with Crippen molar-refractivity contribution >= 4 is 11.8 Å². The third-order valence-corrected chi connectivity index (χ3v) is 4.20. The summed E-state index contributed by atoms with van der Waals surface area (Å²) in [6.07, 6.45) is 0. The van der Waals surface area contributed by atoms with E-state index in [4.69, 9.17) is 4.52 Å². The Morgan fingerprint density at radius 2 is 2.00 bits per heavy atom. The van der Waals surface area contributed by atoms with Crippen LogP contribution in [0.15, 0.2) is 39.8 Å². The first-order valence-electron chi connectivity index (χ1n) is 6.82. The minimum absolute atomic E-state index is 0.718. The fourth-order valence-electron chi connectivity index (χ4n) is 2.14. The van der Waals surface area contributed by atoms with Crippen LogP contribution in [0, 0.1) is 0 Å². The van der Waals surface area contributed by atoms with E-state index in [1.165, 1.54) is 4.90 Å². The van der Waals surface area contributed by atoms with E-state index < -0.39 is 0 Å². The fraction of sp³-hybridized carbons (Fsp3) is 0.429. The van der Waals surface area contributed by atoms with Gasteiger partial charge in [0.2, 0.25) is 5.89 Å². The number of nitrogens with one attached hydrogen (secondary N) is 1. The van der Waals surface area contributed by atoms with Crippen molar-refractivity contribution in [3.05, 3.63) is 42.0 Å². The molecule has 106 valence electrons. The summed E-state index contributed by atoms with van der Waals surface area (Å²) in [5, 5.41) is 7.38. The second-order valence-corrected chi connectivity index (χ2v) is 5.78. The molecule has 1 N–H and O–H groups in total. The van der Waals surface area contributed by atoms with Gasteiger partial charge < -0.3 is 9.84 Å². The average molecular weight is 290 g/mol. The van der Waals surface area contributed by atoms with E-state index in [1.54, 1.807) is 11.8 Å². The van der Waals surface area contributed by atoms with E-state index in [9.17, 15) is 0 Å². The van der Waals surface area contributed by atoms with Crippen molar-refractivity contribution in [2.24, 2.45) is 0 Å². The molecule has 6 heteroatoms. The van der Waals surface area contributed by atoms with Gasteiger partial charge >= 0.3 is 0 Å². The van der Waals surface area contributed by atoms with Gasteiger partial charge in [-0.3, -0.25) is 4.90 Å². The third kappa shape index (κ3) is 3.82. The lowest BCUT2D eigenvalue weighted by Gasteiger charge is -2.25. The van der Waals surface area contributed by atoms with E-state index in [-0.39, 0.29) is 0 Å². The fourth-order valence-corrected chi connectivity index (χ4v) is 2.90. The molecule has 2 heterocycles. The zero-order valence-corrected chi connectivity index (χ0v) is 12.1. The molecule has 1 saturated heterocycles.